The van der Waals surface area contributed by atoms with Gasteiger partial charge in [-0.05, 0) is 24.1 Å². The maximum atomic E-state index is 12.8. The Morgan fingerprint density at radius 1 is 1.27 bits per heavy atom. The van der Waals surface area contributed by atoms with Crippen LogP contribution in [0.5, 0.6) is 11.5 Å². The van der Waals surface area contributed by atoms with Crippen LogP contribution in [0, 0.1) is 0 Å². The van der Waals surface area contributed by atoms with Crippen LogP contribution in [0.1, 0.15) is 43.0 Å². The summed E-state index contributed by atoms with van der Waals surface area (Å²) in [6.07, 6.45) is -0.985. The number of phenolic OH excluding ortho intramolecular Hbond substituents is 1. The normalized spacial score (nSPS) is 14.8. The highest BCUT2D eigenvalue weighted by Gasteiger charge is 2.15. The molecule has 5 nitrogen and oxygen atoms in total. The van der Waals surface area contributed by atoms with E-state index in [0.717, 1.165) is 0 Å². The van der Waals surface area contributed by atoms with Crippen molar-refractivity contribution in [2.24, 2.45) is 0 Å². The minimum absolute atomic E-state index is 0.0458. The van der Waals surface area contributed by atoms with Gasteiger partial charge in [0.1, 0.15) is 24.2 Å². The molecule has 0 aliphatic heterocycles. The minimum Gasteiger partial charge on any atom is -0.508 e. The van der Waals surface area contributed by atoms with E-state index in [-0.39, 0.29) is 66.0 Å². The zero-order valence-electron chi connectivity index (χ0n) is 19.9. The largest absolute Gasteiger partial charge is 0.508 e. The first kappa shape index (κ1) is 13.8. The molecular formula is C21H27NO4. The lowest BCUT2D eigenvalue weighted by Gasteiger charge is -2.16. The zero-order valence-corrected chi connectivity index (χ0v) is 14.9. The third-order valence-corrected chi connectivity index (χ3v) is 3.61. The summed E-state index contributed by atoms with van der Waals surface area (Å²) in [5.74, 6) is -0.377. The van der Waals surface area contributed by atoms with Crippen molar-refractivity contribution in [1.29, 1.82) is 0 Å². The number of carbonyl (C=O) groups is 1. The van der Waals surface area contributed by atoms with Crippen molar-refractivity contribution in [1.82, 2.24) is 5.32 Å². The number of Topliss-reactive ketones (excluding diaryl/α,β-unsaturated/α-hetero) is 1. The Hall–Kier alpha value is -2.37. The first-order valence-corrected chi connectivity index (χ1v) is 8.49. The maximum absolute atomic E-state index is 12.8. The van der Waals surface area contributed by atoms with Crippen LogP contribution in [-0.2, 0) is 6.42 Å². The highest BCUT2D eigenvalue weighted by Crippen LogP contribution is 2.26. The summed E-state index contributed by atoms with van der Waals surface area (Å²) < 4.78 is 44.6. The van der Waals surface area contributed by atoms with E-state index >= 15 is 0 Å². The highest BCUT2D eigenvalue weighted by molar-refractivity contribution is 5.99. The molecule has 0 aromatic heterocycles. The number of rotatable bonds is 10. The summed E-state index contributed by atoms with van der Waals surface area (Å²) in [5.41, 5.74) is 0.241. The first-order chi connectivity index (χ1) is 14.5. The van der Waals surface area contributed by atoms with Crippen molar-refractivity contribution in [3.05, 3.63) is 59.5 Å². The second-order valence-electron chi connectivity index (χ2n) is 6.23. The predicted molar refractivity (Wildman–Crippen MR) is 102 cm³/mol. The van der Waals surface area contributed by atoms with E-state index in [2.05, 4.69) is 5.32 Å². The van der Waals surface area contributed by atoms with E-state index in [1.807, 2.05) is 13.8 Å². The fourth-order valence-corrected chi connectivity index (χ4v) is 2.25. The molecular weight excluding hydrogens is 330 g/mol. The van der Waals surface area contributed by atoms with Crippen LogP contribution in [0.25, 0.3) is 0 Å². The van der Waals surface area contributed by atoms with Gasteiger partial charge in [0.15, 0.2) is 5.78 Å². The second-order valence-corrected chi connectivity index (χ2v) is 6.23. The van der Waals surface area contributed by atoms with Gasteiger partial charge in [-0.3, -0.25) is 4.79 Å². The molecule has 3 N–H and O–H groups in total. The van der Waals surface area contributed by atoms with Crippen LogP contribution in [0.15, 0.2) is 48.4 Å². The molecule has 0 aliphatic carbocycles. The van der Waals surface area contributed by atoms with Gasteiger partial charge in [0.05, 0.1) is 12.4 Å². The molecule has 0 amide bonds. The Morgan fingerprint density at radius 2 is 2.00 bits per heavy atom. The summed E-state index contributed by atoms with van der Waals surface area (Å²) in [6.45, 7) is 4.09. The third kappa shape index (κ3) is 6.50. The molecule has 0 heterocycles. The molecule has 0 bridgehead atoms. The molecule has 2 rings (SSSR count). The molecule has 0 saturated carbocycles. The number of aliphatic hydroxyl groups is 1. The van der Waals surface area contributed by atoms with Crippen molar-refractivity contribution >= 4 is 5.78 Å². The lowest BCUT2D eigenvalue weighted by Crippen LogP contribution is -2.35. The summed E-state index contributed by atoms with van der Waals surface area (Å²) in [7, 11) is 0. The summed E-state index contributed by atoms with van der Waals surface area (Å²) in [4.78, 5) is 12.8. The first-order valence-electron chi connectivity index (χ1n) is 11.0. The van der Waals surface area contributed by atoms with E-state index in [4.69, 9.17) is 11.6 Å². The molecule has 0 radical (unpaired) electrons. The Labute approximate surface area is 161 Å². The van der Waals surface area contributed by atoms with Crippen LogP contribution >= 0.6 is 0 Å². The number of hydrogen-bond acceptors (Lipinski definition) is 5. The molecule has 2 aromatic carbocycles. The van der Waals surface area contributed by atoms with Crippen molar-refractivity contribution < 1.29 is 26.6 Å². The molecule has 0 spiro atoms. The van der Waals surface area contributed by atoms with E-state index < -0.39 is 24.2 Å². The summed E-state index contributed by atoms with van der Waals surface area (Å²) in [6, 6.07) is 2.17. The van der Waals surface area contributed by atoms with E-state index in [1.54, 1.807) is 0 Å². The van der Waals surface area contributed by atoms with E-state index in [1.165, 1.54) is 18.2 Å². The Bertz CT molecular complexity index is 923. The monoisotopic (exact) mass is 362 g/mol. The average Bonchev–Trinajstić information content (AvgIpc) is 2.73. The predicted octanol–water partition coefficient (Wildman–Crippen LogP) is 2.95. The number of nitrogens with one attached hydrogen (secondary N) is 1. The van der Waals surface area contributed by atoms with Crippen LogP contribution in [0.2, 0.25) is 0 Å². The number of aliphatic hydroxyl groups excluding tert-OH is 1. The topological polar surface area (TPSA) is 78.8 Å². The molecule has 0 fully saturated rings. The lowest BCUT2D eigenvalue weighted by molar-refractivity contribution is 0.0946. The van der Waals surface area contributed by atoms with Gasteiger partial charge in [0, 0.05) is 25.1 Å². The smallest absolute Gasteiger partial charge is 0.166 e. The van der Waals surface area contributed by atoms with Gasteiger partial charge in [0.25, 0.3) is 0 Å². The van der Waals surface area contributed by atoms with Crippen molar-refractivity contribution in [2.75, 3.05) is 13.2 Å². The molecule has 26 heavy (non-hydrogen) atoms. The molecule has 1 atom stereocenters. The molecule has 0 aliphatic rings. The fourth-order valence-electron chi connectivity index (χ4n) is 2.25. The van der Waals surface area contributed by atoms with Gasteiger partial charge in [-0.2, -0.15) is 0 Å². The standard InChI is InChI=1S/C21H27NO4/c1-15(2)22-13-18(24)14-26-21-12-17(23)9-10-19(21)20(25)11-8-16-6-4-3-5-7-16/h3-7,9-10,12,15,18,22-24H,8,11,13-14H2,1-2H3/i3D,4D,5D,6D,7D. The Kier molecular flexibility index (Phi) is 5.27. The van der Waals surface area contributed by atoms with Crippen LogP contribution in [0.3, 0.4) is 0 Å². The van der Waals surface area contributed by atoms with E-state index in [0.29, 0.717) is 6.54 Å². The molecule has 140 valence electrons. The van der Waals surface area contributed by atoms with Crippen LogP contribution in [-0.4, -0.2) is 41.3 Å². The zero-order chi connectivity index (χ0) is 23.3. The number of hydrogen-bond donors (Lipinski definition) is 3. The Balaban J connectivity index is 2.14. The number of carbonyl (C=O) groups excluding carboxylic acids is 1. The highest BCUT2D eigenvalue weighted by atomic mass is 16.5. The quantitative estimate of drug-likeness (QED) is 0.566. The van der Waals surface area contributed by atoms with Gasteiger partial charge in [-0.1, -0.05) is 44.1 Å². The molecule has 2 aromatic rings. The molecule has 1 unspecified atom stereocenters. The third-order valence-electron chi connectivity index (χ3n) is 3.61. The number of aromatic hydroxyl groups is 1. The van der Waals surface area contributed by atoms with Gasteiger partial charge >= 0.3 is 0 Å². The summed E-state index contributed by atoms with van der Waals surface area (Å²) in [5, 5.41) is 22.8. The number of ketones is 1. The van der Waals surface area contributed by atoms with E-state index in [9.17, 15) is 15.0 Å². The molecule has 0 saturated heterocycles. The van der Waals surface area contributed by atoms with Crippen LogP contribution < -0.4 is 10.1 Å². The van der Waals surface area contributed by atoms with Gasteiger partial charge in [-0.25, -0.2) is 0 Å². The van der Waals surface area contributed by atoms with Gasteiger partial charge in [0.2, 0.25) is 0 Å². The van der Waals surface area contributed by atoms with Crippen molar-refractivity contribution in [3.63, 3.8) is 0 Å². The van der Waals surface area contributed by atoms with Gasteiger partial charge < -0.3 is 20.3 Å². The fraction of sp³-hybridized carbons (Fsp3) is 0.381. The SMILES string of the molecule is [2H]c1c([2H])c([2H])c(CCC(=O)c2ccc(O)cc2OCC(O)CNC(C)C)c([2H])c1[2H]. The maximum Gasteiger partial charge on any atom is 0.166 e. The Morgan fingerprint density at radius 3 is 2.69 bits per heavy atom. The lowest BCUT2D eigenvalue weighted by atomic mass is 10.0. The molecule has 5 heteroatoms. The van der Waals surface area contributed by atoms with Crippen LogP contribution in [0.4, 0.5) is 0 Å². The van der Waals surface area contributed by atoms with Crippen molar-refractivity contribution in [2.45, 2.75) is 38.8 Å². The number of phenols is 1. The van der Waals surface area contributed by atoms with Crippen molar-refractivity contribution in [3.8, 4) is 11.5 Å². The average molecular weight is 362 g/mol. The minimum atomic E-state index is -0.821. The number of ether oxygens (including phenoxy) is 1. The number of benzene rings is 2. The van der Waals surface area contributed by atoms with Gasteiger partial charge in [-0.15, -0.1) is 0 Å². The second kappa shape index (κ2) is 9.94. The summed E-state index contributed by atoms with van der Waals surface area (Å²) >= 11 is 0.